The number of nitrogens with zero attached hydrogens (tertiary/aromatic N) is 3. The van der Waals surface area contributed by atoms with Crippen molar-refractivity contribution >= 4 is 17.3 Å². The Morgan fingerprint density at radius 1 is 1.30 bits per heavy atom. The third-order valence-electron chi connectivity index (χ3n) is 3.08. The summed E-state index contributed by atoms with van der Waals surface area (Å²) in [4.78, 5) is 14.1. The van der Waals surface area contributed by atoms with E-state index < -0.39 is 0 Å². The fourth-order valence-electron chi connectivity index (χ4n) is 2.00. The molecule has 0 aliphatic rings. The maximum Gasteiger partial charge on any atom is 0.243 e. The standard InChI is InChI=1S/C15H20N4O/c1-3-18(14-8-6-5-7-9-14)12-15(20)17-13-10-16-19(4-2)11-13/h5-11H,3-4,12H2,1-2H3,(H,17,20). The first-order valence-electron chi connectivity index (χ1n) is 6.85. The summed E-state index contributed by atoms with van der Waals surface area (Å²) in [6.45, 7) is 5.95. The lowest BCUT2D eigenvalue weighted by atomic mass is 10.3. The number of benzene rings is 1. The van der Waals surface area contributed by atoms with Crippen molar-refractivity contribution in [2.24, 2.45) is 0 Å². The number of hydrogen-bond acceptors (Lipinski definition) is 3. The third kappa shape index (κ3) is 3.60. The molecule has 0 aliphatic carbocycles. The number of hydrogen-bond donors (Lipinski definition) is 1. The van der Waals surface area contributed by atoms with Crippen LogP contribution in [0.2, 0.25) is 0 Å². The van der Waals surface area contributed by atoms with Gasteiger partial charge in [0.2, 0.25) is 5.91 Å². The van der Waals surface area contributed by atoms with Crippen LogP contribution in [0.25, 0.3) is 0 Å². The summed E-state index contributed by atoms with van der Waals surface area (Å²) in [5.74, 6) is -0.0358. The van der Waals surface area contributed by atoms with E-state index in [1.54, 1.807) is 10.9 Å². The Labute approximate surface area is 119 Å². The van der Waals surface area contributed by atoms with Crippen LogP contribution in [0.5, 0.6) is 0 Å². The second kappa shape index (κ2) is 6.75. The summed E-state index contributed by atoms with van der Waals surface area (Å²) in [5, 5.41) is 7.00. The largest absolute Gasteiger partial charge is 0.362 e. The number of carbonyl (C=O) groups is 1. The third-order valence-corrected chi connectivity index (χ3v) is 3.08. The first-order chi connectivity index (χ1) is 9.72. The van der Waals surface area contributed by atoms with E-state index in [0.717, 1.165) is 24.5 Å². The van der Waals surface area contributed by atoms with Crippen LogP contribution in [0.15, 0.2) is 42.7 Å². The minimum atomic E-state index is -0.0358. The zero-order valence-electron chi connectivity index (χ0n) is 11.9. The van der Waals surface area contributed by atoms with Gasteiger partial charge in [0.1, 0.15) is 0 Å². The lowest BCUT2D eigenvalue weighted by Gasteiger charge is -2.22. The normalized spacial score (nSPS) is 10.3. The zero-order valence-corrected chi connectivity index (χ0v) is 11.9. The van der Waals surface area contributed by atoms with Gasteiger partial charge in [0.15, 0.2) is 0 Å². The quantitative estimate of drug-likeness (QED) is 0.878. The van der Waals surface area contributed by atoms with Crippen LogP contribution < -0.4 is 10.2 Å². The topological polar surface area (TPSA) is 50.2 Å². The van der Waals surface area contributed by atoms with Gasteiger partial charge in [-0.3, -0.25) is 9.48 Å². The second-order valence-corrected chi connectivity index (χ2v) is 4.48. The number of aromatic nitrogens is 2. The van der Waals surface area contributed by atoms with E-state index in [4.69, 9.17) is 0 Å². The highest BCUT2D eigenvalue weighted by Gasteiger charge is 2.10. The fraction of sp³-hybridized carbons (Fsp3) is 0.333. The van der Waals surface area contributed by atoms with Crippen molar-refractivity contribution in [3.8, 4) is 0 Å². The van der Waals surface area contributed by atoms with Gasteiger partial charge in [-0.25, -0.2) is 0 Å². The van der Waals surface area contributed by atoms with E-state index in [1.807, 2.05) is 55.3 Å². The predicted octanol–water partition coefficient (Wildman–Crippen LogP) is 2.37. The monoisotopic (exact) mass is 272 g/mol. The molecule has 106 valence electrons. The molecule has 0 saturated heterocycles. The fourth-order valence-corrected chi connectivity index (χ4v) is 2.00. The van der Waals surface area contributed by atoms with E-state index in [9.17, 15) is 4.79 Å². The molecule has 1 aromatic heterocycles. The summed E-state index contributed by atoms with van der Waals surface area (Å²) in [7, 11) is 0. The molecule has 1 aromatic carbocycles. The molecule has 0 radical (unpaired) electrons. The van der Waals surface area contributed by atoms with E-state index in [0.29, 0.717) is 6.54 Å². The molecule has 0 atom stereocenters. The summed E-state index contributed by atoms with van der Waals surface area (Å²) in [6, 6.07) is 9.93. The number of aryl methyl sites for hydroxylation is 1. The minimum absolute atomic E-state index is 0.0358. The van der Waals surface area contributed by atoms with E-state index in [2.05, 4.69) is 10.4 Å². The van der Waals surface area contributed by atoms with Gasteiger partial charge in [-0.15, -0.1) is 0 Å². The average molecular weight is 272 g/mol. The highest BCUT2D eigenvalue weighted by Crippen LogP contribution is 2.13. The molecule has 0 bridgehead atoms. The Morgan fingerprint density at radius 3 is 2.65 bits per heavy atom. The van der Waals surface area contributed by atoms with Gasteiger partial charge < -0.3 is 10.2 Å². The molecule has 0 unspecified atom stereocenters. The Balaban J connectivity index is 1.96. The molecule has 1 amide bonds. The predicted molar refractivity (Wildman–Crippen MR) is 80.9 cm³/mol. The van der Waals surface area contributed by atoms with E-state index in [-0.39, 0.29) is 5.91 Å². The van der Waals surface area contributed by atoms with Gasteiger partial charge in [-0.2, -0.15) is 5.10 Å². The molecule has 2 rings (SSSR count). The molecule has 0 saturated carbocycles. The van der Waals surface area contributed by atoms with Gasteiger partial charge in [-0.1, -0.05) is 18.2 Å². The molecule has 0 aliphatic heterocycles. The maximum atomic E-state index is 12.1. The van der Waals surface area contributed by atoms with Gasteiger partial charge in [0, 0.05) is 25.0 Å². The van der Waals surface area contributed by atoms with Crippen molar-refractivity contribution in [1.29, 1.82) is 0 Å². The van der Waals surface area contributed by atoms with Gasteiger partial charge >= 0.3 is 0 Å². The van der Waals surface area contributed by atoms with Crippen LogP contribution in [0, 0.1) is 0 Å². The van der Waals surface area contributed by atoms with Gasteiger partial charge in [0.25, 0.3) is 0 Å². The molecule has 1 heterocycles. The number of para-hydroxylation sites is 1. The number of nitrogens with one attached hydrogen (secondary N) is 1. The Kier molecular flexibility index (Phi) is 4.76. The lowest BCUT2D eigenvalue weighted by molar-refractivity contribution is -0.115. The van der Waals surface area contributed by atoms with Crippen molar-refractivity contribution < 1.29 is 4.79 Å². The second-order valence-electron chi connectivity index (χ2n) is 4.48. The number of likely N-dealkylation sites (N-methyl/N-ethyl adjacent to an activating group) is 1. The van der Waals surface area contributed by atoms with Crippen LogP contribution in [-0.2, 0) is 11.3 Å². The average Bonchev–Trinajstić information content (AvgIpc) is 2.93. The van der Waals surface area contributed by atoms with Gasteiger partial charge in [-0.05, 0) is 26.0 Å². The molecular weight excluding hydrogens is 252 g/mol. The molecule has 0 spiro atoms. The smallest absolute Gasteiger partial charge is 0.243 e. The summed E-state index contributed by atoms with van der Waals surface area (Å²) >= 11 is 0. The number of carbonyl (C=O) groups excluding carboxylic acids is 1. The molecule has 0 fully saturated rings. The number of anilines is 2. The zero-order chi connectivity index (χ0) is 14.4. The van der Waals surface area contributed by atoms with E-state index >= 15 is 0 Å². The first kappa shape index (κ1) is 14.1. The lowest BCUT2D eigenvalue weighted by Crippen LogP contribution is -2.33. The van der Waals surface area contributed by atoms with Crippen molar-refractivity contribution in [1.82, 2.24) is 9.78 Å². The minimum Gasteiger partial charge on any atom is -0.362 e. The molecule has 2 aromatic rings. The SMILES string of the molecule is CCN(CC(=O)Nc1cnn(CC)c1)c1ccccc1. The summed E-state index contributed by atoms with van der Waals surface area (Å²) < 4.78 is 1.78. The van der Waals surface area contributed by atoms with Crippen molar-refractivity contribution in [3.63, 3.8) is 0 Å². The van der Waals surface area contributed by atoms with Gasteiger partial charge in [0.05, 0.1) is 18.4 Å². The first-order valence-corrected chi connectivity index (χ1v) is 6.85. The summed E-state index contributed by atoms with van der Waals surface area (Å²) in [6.07, 6.45) is 3.50. The maximum absolute atomic E-state index is 12.1. The van der Waals surface area contributed by atoms with E-state index in [1.165, 1.54) is 0 Å². The van der Waals surface area contributed by atoms with Crippen molar-refractivity contribution in [2.45, 2.75) is 20.4 Å². The number of amides is 1. The molecular formula is C15H20N4O. The van der Waals surface area contributed by atoms with Crippen LogP contribution in [0.3, 0.4) is 0 Å². The summed E-state index contributed by atoms with van der Waals surface area (Å²) in [5.41, 5.74) is 1.79. The molecule has 5 nitrogen and oxygen atoms in total. The van der Waals surface area contributed by atoms with Crippen LogP contribution in [0.1, 0.15) is 13.8 Å². The highest BCUT2D eigenvalue weighted by molar-refractivity contribution is 5.93. The Hall–Kier alpha value is -2.30. The Morgan fingerprint density at radius 2 is 2.05 bits per heavy atom. The highest BCUT2D eigenvalue weighted by atomic mass is 16.2. The molecule has 20 heavy (non-hydrogen) atoms. The van der Waals surface area contributed by atoms with Crippen LogP contribution in [0.4, 0.5) is 11.4 Å². The Bertz CT molecular complexity index is 550. The van der Waals surface area contributed by atoms with Crippen LogP contribution >= 0.6 is 0 Å². The van der Waals surface area contributed by atoms with Crippen molar-refractivity contribution in [3.05, 3.63) is 42.7 Å². The van der Waals surface area contributed by atoms with Crippen molar-refractivity contribution in [2.75, 3.05) is 23.3 Å². The molecule has 1 N–H and O–H groups in total. The van der Waals surface area contributed by atoms with Crippen LogP contribution in [-0.4, -0.2) is 28.8 Å². The molecule has 5 heteroatoms. The number of rotatable bonds is 6.